The van der Waals surface area contributed by atoms with Crippen molar-refractivity contribution < 1.29 is 19.1 Å². The van der Waals surface area contributed by atoms with Crippen LogP contribution in [0, 0.1) is 0 Å². The van der Waals surface area contributed by atoms with Crippen molar-refractivity contribution in [3.63, 3.8) is 0 Å². The molecule has 0 saturated heterocycles. The van der Waals surface area contributed by atoms with Crippen LogP contribution in [0.4, 0.5) is 0 Å². The van der Waals surface area contributed by atoms with E-state index in [9.17, 15) is 14.4 Å². The molecule has 1 aromatic carbocycles. The van der Waals surface area contributed by atoms with Gasteiger partial charge in [-0.2, -0.15) is 0 Å². The Hall–Kier alpha value is -2.57. The molecule has 118 valence electrons. The molecule has 1 aliphatic carbocycles. The van der Waals surface area contributed by atoms with Crippen molar-refractivity contribution in [2.24, 2.45) is 0 Å². The number of rotatable bonds is 5. The van der Waals surface area contributed by atoms with Crippen LogP contribution in [-0.4, -0.2) is 29.9 Å². The molecular weight excluding hydrogens is 286 g/mol. The molecule has 2 rings (SSSR count). The normalized spacial score (nSPS) is 14.6. The lowest BCUT2D eigenvalue weighted by atomic mass is 10.2. The minimum atomic E-state index is -0.894. The zero-order chi connectivity index (χ0) is 15.9. The first-order valence-corrected chi connectivity index (χ1v) is 7.22. The molecule has 1 aromatic rings. The van der Waals surface area contributed by atoms with Crippen LogP contribution >= 0.6 is 0 Å². The Labute approximate surface area is 128 Å². The molecule has 0 aliphatic heterocycles. The largest absolute Gasteiger partial charge is 0.481 e. The van der Waals surface area contributed by atoms with Gasteiger partial charge in [-0.15, -0.1) is 0 Å². The first-order chi connectivity index (χ1) is 10.6. The van der Waals surface area contributed by atoms with Crippen molar-refractivity contribution in [2.75, 3.05) is 0 Å². The number of ether oxygens (including phenoxy) is 1. The van der Waals surface area contributed by atoms with Crippen molar-refractivity contribution in [3.05, 3.63) is 30.3 Å². The fourth-order valence-corrected chi connectivity index (χ4v) is 1.72. The highest BCUT2D eigenvalue weighted by atomic mass is 16.5. The van der Waals surface area contributed by atoms with Crippen molar-refractivity contribution >= 4 is 17.7 Å². The van der Waals surface area contributed by atoms with E-state index in [1.807, 2.05) is 6.07 Å². The zero-order valence-corrected chi connectivity index (χ0v) is 12.3. The van der Waals surface area contributed by atoms with E-state index in [0.717, 1.165) is 12.8 Å². The second-order valence-corrected chi connectivity index (χ2v) is 5.02. The van der Waals surface area contributed by atoms with Gasteiger partial charge in [-0.05, 0) is 31.4 Å². The minimum Gasteiger partial charge on any atom is -0.481 e. The van der Waals surface area contributed by atoms with Gasteiger partial charge in [0.05, 0.1) is 0 Å². The smallest absolute Gasteiger partial charge is 0.327 e. The van der Waals surface area contributed by atoms with Crippen molar-refractivity contribution in [3.8, 4) is 5.75 Å². The zero-order valence-electron chi connectivity index (χ0n) is 12.3. The van der Waals surface area contributed by atoms with E-state index in [4.69, 9.17) is 4.74 Å². The van der Waals surface area contributed by atoms with E-state index in [1.54, 1.807) is 31.2 Å². The molecule has 7 heteroatoms. The minimum absolute atomic E-state index is 0.0822. The monoisotopic (exact) mass is 305 g/mol. The predicted molar refractivity (Wildman–Crippen MR) is 78.6 cm³/mol. The lowest BCUT2D eigenvalue weighted by Crippen LogP contribution is -2.52. The number of hydrogen-bond donors (Lipinski definition) is 3. The van der Waals surface area contributed by atoms with Crippen LogP contribution in [0.2, 0.25) is 0 Å². The molecule has 1 atom stereocenters. The van der Waals surface area contributed by atoms with Gasteiger partial charge in [-0.3, -0.25) is 25.2 Å². The maximum absolute atomic E-state index is 12.0. The molecule has 22 heavy (non-hydrogen) atoms. The Kier molecular flexibility index (Phi) is 5.35. The Morgan fingerprint density at radius 1 is 1.14 bits per heavy atom. The van der Waals surface area contributed by atoms with Gasteiger partial charge >= 0.3 is 11.8 Å². The fourth-order valence-electron chi connectivity index (χ4n) is 1.72. The van der Waals surface area contributed by atoms with E-state index in [1.165, 1.54) is 0 Å². The van der Waals surface area contributed by atoms with Gasteiger partial charge in [0.25, 0.3) is 5.91 Å². The Balaban J connectivity index is 1.78. The van der Waals surface area contributed by atoms with E-state index in [2.05, 4.69) is 16.2 Å². The molecule has 0 radical (unpaired) electrons. The number of benzene rings is 1. The molecule has 3 amide bonds. The number of carbonyl (C=O) groups excluding carboxylic acids is 3. The Morgan fingerprint density at radius 2 is 1.82 bits per heavy atom. The number of para-hydroxylation sites is 1. The molecule has 3 N–H and O–H groups in total. The van der Waals surface area contributed by atoms with Gasteiger partial charge in [-0.1, -0.05) is 25.1 Å². The summed E-state index contributed by atoms with van der Waals surface area (Å²) >= 11 is 0. The Morgan fingerprint density at radius 3 is 2.41 bits per heavy atom. The van der Waals surface area contributed by atoms with E-state index >= 15 is 0 Å². The summed E-state index contributed by atoms with van der Waals surface area (Å²) < 4.78 is 5.53. The third kappa shape index (κ3) is 4.76. The summed E-state index contributed by atoms with van der Waals surface area (Å²) in [5, 5.41) is 2.53. The number of nitrogens with one attached hydrogen (secondary N) is 3. The summed E-state index contributed by atoms with van der Waals surface area (Å²) in [7, 11) is 0. The summed E-state index contributed by atoms with van der Waals surface area (Å²) in [6.07, 6.45) is 1.43. The van der Waals surface area contributed by atoms with E-state index in [0.29, 0.717) is 12.2 Å². The average molecular weight is 305 g/mol. The lowest BCUT2D eigenvalue weighted by molar-refractivity contribution is -0.141. The third-order valence-electron chi connectivity index (χ3n) is 3.10. The predicted octanol–water partition coefficient (Wildman–Crippen LogP) is 0.270. The van der Waals surface area contributed by atoms with Crippen LogP contribution in [0.15, 0.2) is 30.3 Å². The molecule has 1 aliphatic rings. The molecule has 0 aromatic heterocycles. The van der Waals surface area contributed by atoms with Crippen LogP contribution in [0.25, 0.3) is 0 Å². The van der Waals surface area contributed by atoms with Gasteiger partial charge in [0.2, 0.25) is 0 Å². The Bertz CT molecular complexity index is 543. The molecule has 0 bridgehead atoms. The maximum Gasteiger partial charge on any atom is 0.327 e. The van der Waals surface area contributed by atoms with Crippen LogP contribution in [0.3, 0.4) is 0 Å². The van der Waals surface area contributed by atoms with E-state index < -0.39 is 23.8 Å². The number of carbonyl (C=O) groups is 3. The second kappa shape index (κ2) is 7.44. The quantitative estimate of drug-likeness (QED) is 0.537. The van der Waals surface area contributed by atoms with Gasteiger partial charge in [0.1, 0.15) is 5.75 Å². The van der Waals surface area contributed by atoms with Gasteiger partial charge < -0.3 is 10.1 Å². The van der Waals surface area contributed by atoms with Gasteiger partial charge in [0, 0.05) is 6.04 Å². The highest BCUT2D eigenvalue weighted by molar-refractivity contribution is 6.35. The number of hydrogen-bond acceptors (Lipinski definition) is 4. The first kappa shape index (κ1) is 15.8. The lowest BCUT2D eigenvalue weighted by Gasteiger charge is -2.17. The summed E-state index contributed by atoms with van der Waals surface area (Å²) in [5.74, 6) is -1.60. The topological polar surface area (TPSA) is 96.5 Å². The number of hydrazine groups is 1. The average Bonchev–Trinajstić information content (AvgIpc) is 3.34. The van der Waals surface area contributed by atoms with Crippen molar-refractivity contribution in [1.82, 2.24) is 16.2 Å². The van der Waals surface area contributed by atoms with Crippen LogP contribution in [0.1, 0.15) is 26.2 Å². The first-order valence-electron chi connectivity index (χ1n) is 7.22. The third-order valence-corrected chi connectivity index (χ3v) is 3.10. The molecular formula is C15H19N3O4. The van der Waals surface area contributed by atoms with Gasteiger partial charge in [0.15, 0.2) is 6.10 Å². The standard InChI is InChI=1S/C15H19N3O4/c1-2-12(22-11-6-4-3-5-7-11)13(19)17-18-15(21)14(20)16-10-8-9-10/h3-7,10,12H,2,8-9H2,1H3,(H,16,20)(H,17,19)(H,18,21)/t12-/m1/s1. The highest BCUT2D eigenvalue weighted by Crippen LogP contribution is 2.18. The van der Waals surface area contributed by atoms with Crippen molar-refractivity contribution in [2.45, 2.75) is 38.3 Å². The van der Waals surface area contributed by atoms with Crippen LogP contribution in [-0.2, 0) is 14.4 Å². The summed E-state index contributed by atoms with van der Waals surface area (Å²) in [5.41, 5.74) is 4.29. The second-order valence-electron chi connectivity index (χ2n) is 5.02. The molecule has 1 saturated carbocycles. The van der Waals surface area contributed by atoms with Crippen LogP contribution in [0.5, 0.6) is 5.75 Å². The van der Waals surface area contributed by atoms with Crippen molar-refractivity contribution in [1.29, 1.82) is 0 Å². The highest BCUT2D eigenvalue weighted by Gasteiger charge is 2.27. The maximum atomic E-state index is 12.0. The molecule has 0 heterocycles. The molecule has 7 nitrogen and oxygen atoms in total. The van der Waals surface area contributed by atoms with E-state index in [-0.39, 0.29) is 6.04 Å². The summed E-state index contributed by atoms with van der Waals surface area (Å²) in [4.78, 5) is 34.9. The van der Waals surface area contributed by atoms with Crippen LogP contribution < -0.4 is 20.9 Å². The summed E-state index contributed by atoms with van der Waals surface area (Å²) in [6.45, 7) is 1.79. The molecule has 0 spiro atoms. The number of amides is 3. The SMILES string of the molecule is CC[C@@H](Oc1ccccc1)C(=O)NNC(=O)C(=O)NC1CC1. The molecule has 0 unspecified atom stereocenters. The fraction of sp³-hybridized carbons (Fsp3) is 0.400. The van der Waals surface area contributed by atoms with Gasteiger partial charge in [-0.25, -0.2) is 0 Å². The molecule has 1 fully saturated rings. The summed E-state index contributed by atoms with van der Waals surface area (Å²) in [6, 6.07) is 8.98.